The summed E-state index contributed by atoms with van der Waals surface area (Å²) in [5, 5.41) is 6.07. The van der Waals surface area contributed by atoms with Crippen molar-refractivity contribution in [3.8, 4) is 0 Å². The Balaban J connectivity index is 2.03. The van der Waals surface area contributed by atoms with Crippen LogP contribution in [-0.2, 0) is 9.53 Å². The van der Waals surface area contributed by atoms with Crippen molar-refractivity contribution in [2.45, 2.75) is 6.42 Å². The van der Waals surface area contributed by atoms with Crippen LogP contribution in [0.5, 0.6) is 0 Å². The quantitative estimate of drug-likeness (QED) is 0.593. The SMILES string of the molecule is COCC(=O)NC[C@@H]1CCNC1. The van der Waals surface area contributed by atoms with Gasteiger partial charge in [0.2, 0.25) is 5.91 Å². The molecule has 4 nitrogen and oxygen atoms in total. The number of methoxy groups -OCH3 is 1. The van der Waals surface area contributed by atoms with Gasteiger partial charge in [0.15, 0.2) is 0 Å². The summed E-state index contributed by atoms with van der Waals surface area (Å²) in [6.45, 7) is 3.04. The fourth-order valence-corrected chi connectivity index (χ4v) is 1.33. The Morgan fingerprint density at radius 1 is 1.75 bits per heavy atom. The number of carbonyl (C=O) groups excluding carboxylic acids is 1. The lowest BCUT2D eigenvalue weighted by Crippen LogP contribution is -2.32. The van der Waals surface area contributed by atoms with Crippen LogP contribution in [0.4, 0.5) is 0 Å². The summed E-state index contributed by atoms with van der Waals surface area (Å²) in [6, 6.07) is 0. The summed E-state index contributed by atoms with van der Waals surface area (Å²) in [5.74, 6) is 0.579. The zero-order valence-electron chi connectivity index (χ0n) is 7.43. The zero-order chi connectivity index (χ0) is 8.81. The second-order valence-electron chi connectivity index (χ2n) is 3.10. The highest BCUT2D eigenvalue weighted by Crippen LogP contribution is 2.04. The Labute approximate surface area is 72.7 Å². The third-order valence-electron chi connectivity index (χ3n) is 2.03. The van der Waals surface area contributed by atoms with Crippen LogP contribution < -0.4 is 10.6 Å². The molecule has 0 unspecified atom stereocenters. The van der Waals surface area contributed by atoms with E-state index in [-0.39, 0.29) is 12.5 Å². The van der Waals surface area contributed by atoms with Gasteiger partial charge < -0.3 is 15.4 Å². The van der Waals surface area contributed by atoms with Crippen LogP contribution in [-0.4, -0.2) is 39.3 Å². The number of nitrogens with one attached hydrogen (secondary N) is 2. The van der Waals surface area contributed by atoms with E-state index in [1.165, 1.54) is 7.11 Å². The Kier molecular flexibility index (Phi) is 4.04. The highest BCUT2D eigenvalue weighted by atomic mass is 16.5. The van der Waals surface area contributed by atoms with E-state index in [4.69, 9.17) is 4.74 Å². The van der Waals surface area contributed by atoms with Crippen molar-refractivity contribution < 1.29 is 9.53 Å². The molecule has 4 heteroatoms. The van der Waals surface area contributed by atoms with Gasteiger partial charge in [0.1, 0.15) is 6.61 Å². The van der Waals surface area contributed by atoms with E-state index in [1.807, 2.05) is 0 Å². The minimum absolute atomic E-state index is 0.0237. The molecule has 70 valence electrons. The molecule has 2 N–H and O–H groups in total. The molecule has 0 aromatic heterocycles. The van der Waals surface area contributed by atoms with Gasteiger partial charge in [-0.2, -0.15) is 0 Å². The lowest BCUT2D eigenvalue weighted by molar-refractivity contribution is -0.124. The van der Waals surface area contributed by atoms with Crippen LogP contribution in [0.2, 0.25) is 0 Å². The van der Waals surface area contributed by atoms with E-state index in [2.05, 4.69) is 10.6 Å². The van der Waals surface area contributed by atoms with E-state index in [1.54, 1.807) is 0 Å². The third-order valence-corrected chi connectivity index (χ3v) is 2.03. The number of hydrogen-bond donors (Lipinski definition) is 2. The molecule has 0 saturated carbocycles. The Hall–Kier alpha value is -0.610. The second-order valence-corrected chi connectivity index (χ2v) is 3.10. The number of ether oxygens (including phenoxy) is 1. The van der Waals surface area contributed by atoms with Crippen molar-refractivity contribution in [2.24, 2.45) is 5.92 Å². The van der Waals surface area contributed by atoms with Gasteiger partial charge in [-0.1, -0.05) is 0 Å². The van der Waals surface area contributed by atoms with Gasteiger partial charge >= 0.3 is 0 Å². The standard InChI is InChI=1S/C8H16N2O2/c1-12-6-8(11)10-5-7-2-3-9-4-7/h7,9H,2-6H2,1H3,(H,10,11)/t7-/m1/s1. The molecule has 1 heterocycles. The zero-order valence-corrected chi connectivity index (χ0v) is 7.43. The second kappa shape index (κ2) is 5.11. The van der Waals surface area contributed by atoms with Crippen LogP contribution in [0.25, 0.3) is 0 Å². The molecule has 0 bridgehead atoms. The molecule has 0 aliphatic carbocycles. The molecule has 1 aliphatic rings. The van der Waals surface area contributed by atoms with E-state index >= 15 is 0 Å². The summed E-state index contributed by atoms with van der Waals surface area (Å²) < 4.78 is 4.69. The Morgan fingerprint density at radius 2 is 2.58 bits per heavy atom. The van der Waals surface area contributed by atoms with Crippen molar-refractivity contribution in [3.63, 3.8) is 0 Å². The van der Waals surface area contributed by atoms with Gasteiger partial charge in [-0.15, -0.1) is 0 Å². The number of carbonyl (C=O) groups is 1. The summed E-state index contributed by atoms with van der Waals surface area (Å²) >= 11 is 0. The predicted octanol–water partition coefficient (Wildman–Crippen LogP) is -0.641. The largest absolute Gasteiger partial charge is 0.375 e. The van der Waals surface area contributed by atoms with Gasteiger partial charge in [0, 0.05) is 13.7 Å². The van der Waals surface area contributed by atoms with Crippen molar-refractivity contribution in [1.82, 2.24) is 10.6 Å². The van der Waals surface area contributed by atoms with E-state index in [9.17, 15) is 4.79 Å². The summed E-state index contributed by atoms with van der Waals surface area (Å²) in [5.41, 5.74) is 0. The first-order chi connectivity index (χ1) is 5.83. The molecular formula is C8H16N2O2. The molecule has 1 rings (SSSR count). The molecule has 1 saturated heterocycles. The molecule has 1 fully saturated rings. The lowest BCUT2D eigenvalue weighted by atomic mass is 10.1. The molecule has 0 aromatic carbocycles. The molecule has 0 aromatic rings. The van der Waals surface area contributed by atoms with Crippen LogP contribution in [0.15, 0.2) is 0 Å². The van der Waals surface area contributed by atoms with Crippen LogP contribution in [0.1, 0.15) is 6.42 Å². The third kappa shape index (κ3) is 3.19. The fourth-order valence-electron chi connectivity index (χ4n) is 1.33. The number of amides is 1. The average Bonchev–Trinajstić information content (AvgIpc) is 2.53. The first-order valence-electron chi connectivity index (χ1n) is 4.29. The van der Waals surface area contributed by atoms with Crippen molar-refractivity contribution in [3.05, 3.63) is 0 Å². The highest BCUT2D eigenvalue weighted by molar-refractivity contribution is 5.77. The van der Waals surface area contributed by atoms with Crippen LogP contribution in [0.3, 0.4) is 0 Å². The Morgan fingerprint density at radius 3 is 3.17 bits per heavy atom. The molecule has 1 amide bonds. The molecule has 1 atom stereocenters. The van der Waals surface area contributed by atoms with Gasteiger partial charge in [-0.05, 0) is 25.4 Å². The minimum atomic E-state index is -0.0237. The maximum Gasteiger partial charge on any atom is 0.245 e. The van der Waals surface area contributed by atoms with E-state index < -0.39 is 0 Å². The van der Waals surface area contributed by atoms with Crippen LogP contribution in [0, 0.1) is 5.92 Å². The first kappa shape index (κ1) is 9.48. The predicted molar refractivity (Wildman–Crippen MR) is 45.9 cm³/mol. The average molecular weight is 172 g/mol. The lowest BCUT2D eigenvalue weighted by Gasteiger charge is -2.08. The molecule has 1 aliphatic heterocycles. The molecular weight excluding hydrogens is 156 g/mol. The monoisotopic (exact) mass is 172 g/mol. The molecule has 0 spiro atoms. The van der Waals surface area contributed by atoms with Crippen molar-refractivity contribution in [2.75, 3.05) is 33.4 Å². The normalized spacial score (nSPS) is 22.6. The Bertz CT molecular complexity index is 144. The summed E-state index contributed by atoms with van der Waals surface area (Å²) in [6.07, 6.45) is 1.16. The van der Waals surface area contributed by atoms with Gasteiger partial charge in [-0.25, -0.2) is 0 Å². The topological polar surface area (TPSA) is 50.4 Å². The highest BCUT2D eigenvalue weighted by Gasteiger charge is 2.14. The van der Waals surface area contributed by atoms with Gasteiger partial charge in [0.05, 0.1) is 0 Å². The number of hydrogen-bond acceptors (Lipinski definition) is 3. The minimum Gasteiger partial charge on any atom is -0.375 e. The maximum absolute atomic E-state index is 10.9. The van der Waals surface area contributed by atoms with E-state index in [0.29, 0.717) is 5.92 Å². The van der Waals surface area contributed by atoms with Crippen molar-refractivity contribution >= 4 is 5.91 Å². The first-order valence-corrected chi connectivity index (χ1v) is 4.29. The fraction of sp³-hybridized carbons (Fsp3) is 0.875. The molecule has 0 radical (unpaired) electrons. The van der Waals surface area contributed by atoms with Gasteiger partial charge in [0.25, 0.3) is 0 Å². The smallest absolute Gasteiger partial charge is 0.245 e. The van der Waals surface area contributed by atoms with Crippen molar-refractivity contribution in [1.29, 1.82) is 0 Å². The maximum atomic E-state index is 10.9. The van der Waals surface area contributed by atoms with E-state index in [0.717, 1.165) is 26.1 Å². The number of rotatable bonds is 4. The van der Waals surface area contributed by atoms with Crippen LogP contribution >= 0.6 is 0 Å². The molecule has 12 heavy (non-hydrogen) atoms. The summed E-state index contributed by atoms with van der Waals surface area (Å²) in [7, 11) is 1.52. The van der Waals surface area contributed by atoms with Gasteiger partial charge in [-0.3, -0.25) is 4.79 Å². The summed E-state index contributed by atoms with van der Waals surface area (Å²) in [4.78, 5) is 10.9.